The average molecular weight is 300 g/mol. The molecule has 0 aliphatic carbocycles. The summed E-state index contributed by atoms with van der Waals surface area (Å²) in [6, 6.07) is 1.60. The minimum absolute atomic E-state index is 0.190. The first-order valence-electron chi connectivity index (χ1n) is 6.01. The topological polar surface area (TPSA) is 61.4 Å². The number of rotatable bonds is 8. The Hall–Kier alpha value is -0.980. The van der Waals surface area contributed by atoms with Gasteiger partial charge in [0.05, 0.1) is 6.54 Å². The fourth-order valence-corrected chi connectivity index (χ4v) is 2.75. The Morgan fingerprint density at radius 3 is 3.05 bits per heavy atom. The van der Waals surface area contributed by atoms with Gasteiger partial charge in [0.25, 0.3) is 0 Å². The SMILES string of the molecule is C=CCSCCNC(=O)NC[C@@](C)(O)c1ccsc1. The first kappa shape index (κ1) is 16.1. The Morgan fingerprint density at radius 2 is 2.42 bits per heavy atom. The molecule has 0 aromatic carbocycles. The Morgan fingerprint density at radius 1 is 1.63 bits per heavy atom. The maximum Gasteiger partial charge on any atom is 0.314 e. The number of nitrogens with one attached hydrogen (secondary N) is 2. The number of thioether (sulfide) groups is 1. The molecule has 1 rings (SSSR count). The third kappa shape index (κ3) is 6.13. The normalized spacial score (nSPS) is 13.6. The summed E-state index contributed by atoms with van der Waals surface area (Å²) in [5.41, 5.74) is -0.214. The van der Waals surface area contributed by atoms with Crippen molar-refractivity contribution < 1.29 is 9.90 Å². The van der Waals surface area contributed by atoms with Crippen molar-refractivity contribution in [2.45, 2.75) is 12.5 Å². The summed E-state index contributed by atoms with van der Waals surface area (Å²) in [7, 11) is 0. The zero-order valence-corrected chi connectivity index (χ0v) is 12.6. The Balaban J connectivity index is 2.21. The van der Waals surface area contributed by atoms with E-state index in [1.54, 1.807) is 18.7 Å². The second-order valence-corrected chi connectivity index (χ2v) is 6.19. The van der Waals surface area contributed by atoms with E-state index in [0.29, 0.717) is 6.54 Å². The number of hydrogen-bond donors (Lipinski definition) is 3. The van der Waals surface area contributed by atoms with Crippen molar-refractivity contribution in [1.82, 2.24) is 10.6 Å². The summed E-state index contributed by atoms with van der Waals surface area (Å²) in [5.74, 6) is 1.73. The smallest absolute Gasteiger partial charge is 0.314 e. The zero-order valence-electron chi connectivity index (χ0n) is 11.0. The van der Waals surface area contributed by atoms with Crippen molar-refractivity contribution in [3.05, 3.63) is 35.0 Å². The van der Waals surface area contributed by atoms with Crippen LogP contribution < -0.4 is 10.6 Å². The van der Waals surface area contributed by atoms with Crippen LogP contribution in [-0.4, -0.2) is 35.7 Å². The van der Waals surface area contributed by atoms with Gasteiger partial charge in [-0.1, -0.05) is 6.08 Å². The molecule has 4 nitrogen and oxygen atoms in total. The highest BCUT2D eigenvalue weighted by Crippen LogP contribution is 2.21. The highest BCUT2D eigenvalue weighted by molar-refractivity contribution is 7.99. The van der Waals surface area contributed by atoms with Crippen LogP contribution in [0.25, 0.3) is 0 Å². The van der Waals surface area contributed by atoms with Crippen LogP contribution in [0.2, 0.25) is 0 Å². The third-order valence-electron chi connectivity index (χ3n) is 2.50. The number of hydrogen-bond acceptors (Lipinski definition) is 4. The van der Waals surface area contributed by atoms with Crippen LogP contribution in [0.3, 0.4) is 0 Å². The summed E-state index contributed by atoms with van der Waals surface area (Å²) in [6.45, 7) is 6.11. The van der Waals surface area contributed by atoms with E-state index in [2.05, 4.69) is 17.2 Å². The van der Waals surface area contributed by atoms with Gasteiger partial charge in [0.2, 0.25) is 0 Å². The lowest BCUT2D eigenvalue weighted by Gasteiger charge is -2.22. The second-order valence-electron chi connectivity index (χ2n) is 4.26. The van der Waals surface area contributed by atoms with E-state index in [-0.39, 0.29) is 12.6 Å². The summed E-state index contributed by atoms with van der Waals surface area (Å²) in [4.78, 5) is 11.5. The Bertz CT molecular complexity index is 391. The van der Waals surface area contributed by atoms with Gasteiger partial charge in [-0.25, -0.2) is 4.79 Å². The average Bonchev–Trinajstić information content (AvgIpc) is 2.91. The quantitative estimate of drug-likeness (QED) is 0.509. The molecule has 2 amide bonds. The molecule has 1 atom stereocenters. The summed E-state index contributed by atoms with van der Waals surface area (Å²) in [5, 5.41) is 19.4. The molecular formula is C13H20N2O2S2. The van der Waals surface area contributed by atoms with Crippen LogP contribution in [0.4, 0.5) is 4.79 Å². The van der Waals surface area contributed by atoms with Gasteiger partial charge >= 0.3 is 6.03 Å². The lowest BCUT2D eigenvalue weighted by Crippen LogP contribution is -2.43. The van der Waals surface area contributed by atoms with E-state index in [1.165, 1.54) is 11.3 Å². The summed E-state index contributed by atoms with van der Waals surface area (Å²) < 4.78 is 0. The van der Waals surface area contributed by atoms with Crippen molar-refractivity contribution in [1.29, 1.82) is 0 Å². The van der Waals surface area contributed by atoms with Crippen molar-refractivity contribution in [3.8, 4) is 0 Å². The molecule has 1 aromatic rings. The molecule has 1 aromatic heterocycles. The van der Waals surface area contributed by atoms with E-state index in [9.17, 15) is 9.90 Å². The van der Waals surface area contributed by atoms with E-state index in [4.69, 9.17) is 0 Å². The van der Waals surface area contributed by atoms with Gasteiger partial charge in [0, 0.05) is 18.1 Å². The summed E-state index contributed by atoms with van der Waals surface area (Å²) >= 11 is 3.23. The van der Waals surface area contributed by atoms with Crippen molar-refractivity contribution in [2.75, 3.05) is 24.6 Å². The molecule has 0 unspecified atom stereocenters. The number of carbonyl (C=O) groups is 1. The maximum absolute atomic E-state index is 11.5. The Labute approximate surface area is 122 Å². The molecule has 19 heavy (non-hydrogen) atoms. The highest BCUT2D eigenvalue weighted by atomic mass is 32.2. The second kappa shape index (κ2) is 8.24. The number of aliphatic hydroxyl groups is 1. The molecule has 0 fully saturated rings. The summed E-state index contributed by atoms with van der Waals surface area (Å²) in [6.07, 6.45) is 1.84. The van der Waals surface area contributed by atoms with Crippen molar-refractivity contribution in [2.24, 2.45) is 0 Å². The minimum Gasteiger partial charge on any atom is -0.384 e. The monoisotopic (exact) mass is 300 g/mol. The molecule has 0 spiro atoms. The van der Waals surface area contributed by atoms with Gasteiger partial charge in [0.1, 0.15) is 5.60 Å². The molecule has 1 heterocycles. The fraction of sp³-hybridized carbons (Fsp3) is 0.462. The standard InChI is InChI=1S/C13H20N2O2S2/c1-3-6-18-8-5-14-12(16)15-10-13(2,17)11-4-7-19-9-11/h3-4,7,9,17H,1,5-6,8,10H2,2H3,(H2,14,15,16)/t13-/m1/s1. The number of amides is 2. The molecule has 3 N–H and O–H groups in total. The van der Waals surface area contributed by atoms with Crippen LogP contribution in [-0.2, 0) is 5.60 Å². The molecule has 0 aliphatic heterocycles. The van der Waals surface area contributed by atoms with Crippen LogP contribution in [0.15, 0.2) is 29.5 Å². The lowest BCUT2D eigenvalue weighted by molar-refractivity contribution is 0.0598. The maximum atomic E-state index is 11.5. The fourth-order valence-electron chi connectivity index (χ4n) is 1.39. The number of thiophene rings is 1. The number of urea groups is 1. The lowest BCUT2D eigenvalue weighted by atomic mass is 9.99. The molecule has 0 saturated heterocycles. The first-order valence-corrected chi connectivity index (χ1v) is 8.11. The third-order valence-corrected chi connectivity index (χ3v) is 4.15. The van der Waals surface area contributed by atoms with Crippen molar-refractivity contribution >= 4 is 29.1 Å². The van der Waals surface area contributed by atoms with Gasteiger partial charge in [-0.3, -0.25) is 0 Å². The predicted octanol–water partition coefficient (Wildman–Crippen LogP) is 2.17. The van der Waals surface area contributed by atoms with Gasteiger partial charge in [-0.15, -0.1) is 6.58 Å². The van der Waals surface area contributed by atoms with E-state index in [1.807, 2.05) is 22.9 Å². The molecule has 106 valence electrons. The zero-order chi connectivity index (χ0) is 14.1. The van der Waals surface area contributed by atoms with Crippen LogP contribution >= 0.6 is 23.1 Å². The molecular weight excluding hydrogens is 280 g/mol. The number of carbonyl (C=O) groups excluding carboxylic acids is 1. The largest absolute Gasteiger partial charge is 0.384 e. The van der Waals surface area contributed by atoms with E-state index < -0.39 is 5.60 Å². The van der Waals surface area contributed by atoms with Crippen molar-refractivity contribution in [3.63, 3.8) is 0 Å². The molecule has 6 heteroatoms. The molecule has 0 bridgehead atoms. The van der Waals surface area contributed by atoms with E-state index in [0.717, 1.165) is 17.1 Å². The predicted molar refractivity (Wildman–Crippen MR) is 82.8 cm³/mol. The minimum atomic E-state index is -1.03. The molecule has 0 saturated carbocycles. The highest BCUT2D eigenvalue weighted by Gasteiger charge is 2.23. The van der Waals surface area contributed by atoms with Gasteiger partial charge in [0.15, 0.2) is 0 Å². The van der Waals surface area contributed by atoms with E-state index >= 15 is 0 Å². The van der Waals surface area contributed by atoms with Gasteiger partial charge < -0.3 is 15.7 Å². The van der Waals surface area contributed by atoms with Gasteiger partial charge in [-0.2, -0.15) is 23.1 Å². The first-order chi connectivity index (χ1) is 9.06. The van der Waals surface area contributed by atoms with Crippen LogP contribution in [0.5, 0.6) is 0 Å². The van der Waals surface area contributed by atoms with Crippen LogP contribution in [0.1, 0.15) is 12.5 Å². The van der Waals surface area contributed by atoms with Gasteiger partial charge in [-0.05, 0) is 29.3 Å². The van der Waals surface area contributed by atoms with Crippen LogP contribution in [0, 0.1) is 0 Å². The molecule has 0 radical (unpaired) electrons. The Kier molecular flexibility index (Phi) is 6.97. The molecule has 0 aliphatic rings.